The Hall–Kier alpha value is -3.18. The van der Waals surface area contributed by atoms with Crippen LogP contribution >= 0.6 is 11.3 Å². The molecule has 3 aromatic carbocycles. The molecule has 0 fully saturated rings. The number of anilines is 3. The summed E-state index contributed by atoms with van der Waals surface area (Å²) >= 11 is 1.40. The van der Waals surface area contributed by atoms with Gasteiger partial charge in [0, 0.05) is 22.1 Å². The molecular formula is C20H15N3OS. The molecular weight excluding hydrogens is 330 g/mol. The number of nitrogens with zero attached hydrogens (tertiary/aromatic N) is 1. The molecule has 4 rings (SSSR count). The summed E-state index contributed by atoms with van der Waals surface area (Å²) in [4.78, 5) is 16.9. The van der Waals surface area contributed by atoms with Crippen LogP contribution in [0.3, 0.4) is 0 Å². The van der Waals surface area contributed by atoms with Gasteiger partial charge in [0.25, 0.3) is 5.91 Å². The Morgan fingerprint density at radius 1 is 0.880 bits per heavy atom. The lowest BCUT2D eigenvalue weighted by atomic mass is 10.1. The molecule has 4 nitrogen and oxygen atoms in total. The van der Waals surface area contributed by atoms with Gasteiger partial charge < -0.3 is 10.6 Å². The van der Waals surface area contributed by atoms with Crippen LogP contribution in [-0.2, 0) is 0 Å². The van der Waals surface area contributed by atoms with Crippen LogP contribution in [0.15, 0.2) is 78.2 Å². The Labute approximate surface area is 149 Å². The summed E-state index contributed by atoms with van der Waals surface area (Å²) in [6.07, 6.45) is 0. The molecule has 2 N–H and O–H groups in total. The molecule has 0 saturated heterocycles. The molecule has 0 spiro atoms. The Balaban J connectivity index is 1.53. The van der Waals surface area contributed by atoms with Gasteiger partial charge in [-0.05, 0) is 23.6 Å². The maximum Gasteiger partial charge on any atom is 0.275 e. The molecule has 0 aliphatic rings. The first-order chi connectivity index (χ1) is 12.3. The molecule has 0 aliphatic carbocycles. The van der Waals surface area contributed by atoms with Crippen LogP contribution in [0, 0.1) is 0 Å². The number of amides is 1. The third-order valence-electron chi connectivity index (χ3n) is 3.80. The number of fused-ring (bicyclic) bond motifs is 1. The van der Waals surface area contributed by atoms with Gasteiger partial charge in [-0.15, -0.1) is 11.3 Å². The highest BCUT2D eigenvalue weighted by Gasteiger charge is 2.12. The van der Waals surface area contributed by atoms with E-state index in [1.807, 2.05) is 72.8 Å². The number of hydrogen-bond acceptors (Lipinski definition) is 4. The predicted molar refractivity (Wildman–Crippen MR) is 104 cm³/mol. The van der Waals surface area contributed by atoms with Gasteiger partial charge in [-0.25, -0.2) is 4.98 Å². The van der Waals surface area contributed by atoms with E-state index in [1.54, 1.807) is 5.38 Å². The first-order valence-electron chi connectivity index (χ1n) is 7.86. The van der Waals surface area contributed by atoms with E-state index in [4.69, 9.17) is 0 Å². The molecule has 122 valence electrons. The summed E-state index contributed by atoms with van der Waals surface area (Å²) in [5.41, 5.74) is 2.13. The normalized spacial score (nSPS) is 10.6. The minimum absolute atomic E-state index is 0.214. The molecule has 25 heavy (non-hydrogen) atoms. The highest BCUT2D eigenvalue weighted by atomic mass is 32.1. The zero-order valence-corrected chi connectivity index (χ0v) is 14.1. The average Bonchev–Trinajstić information content (AvgIpc) is 3.11. The average molecular weight is 345 g/mol. The van der Waals surface area contributed by atoms with Crippen LogP contribution in [0.2, 0.25) is 0 Å². The van der Waals surface area contributed by atoms with Crippen LogP contribution in [0.1, 0.15) is 10.5 Å². The molecule has 0 saturated carbocycles. The minimum atomic E-state index is -0.214. The zero-order valence-electron chi connectivity index (χ0n) is 13.3. The Kier molecular flexibility index (Phi) is 4.14. The van der Waals surface area contributed by atoms with E-state index < -0.39 is 0 Å². The van der Waals surface area contributed by atoms with Crippen molar-refractivity contribution in [3.63, 3.8) is 0 Å². The van der Waals surface area contributed by atoms with Crippen molar-refractivity contribution >= 4 is 44.5 Å². The van der Waals surface area contributed by atoms with E-state index >= 15 is 0 Å². The summed E-state index contributed by atoms with van der Waals surface area (Å²) in [5, 5.41) is 10.7. The fourth-order valence-electron chi connectivity index (χ4n) is 2.60. The Morgan fingerprint density at radius 3 is 2.52 bits per heavy atom. The van der Waals surface area contributed by atoms with Crippen LogP contribution in [-0.4, -0.2) is 10.9 Å². The number of hydrogen-bond donors (Lipinski definition) is 2. The van der Waals surface area contributed by atoms with Gasteiger partial charge in [-0.3, -0.25) is 4.79 Å². The Bertz CT molecular complexity index is 1020. The molecule has 0 aliphatic heterocycles. The molecule has 1 amide bonds. The standard InChI is InChI=1S/C20H15N3OS/c24-19(22-17-12-6-8-14-7-4-5-11-16(14)17)18-13-25-20(23-18)21-15-9-2-1-3-10-15/h1-13H,(H,21,23)(H,22,24). The third-order valence-corrected chi connectivity index (χ3v) is 4.56. The molecule has 4 aromatic rings. The van der Waals surface area contributed by atoms with Gasteiger partial charge in [0.1, 0.15) is 5.69 Å². The summed E-state index contributed by atoms with van der Waals surface area (Å²) in [6.45, 7) is 0. The second-order valence-electron chi connectivity index (χ2n) is 5.51. The number of nitrogens with one attached hydrogen (secondary N) is 2. The van der Waals surface area contributed by atoms with E-state index in [0.717, 1.165) is 22.1 Å². The lowest BCUT2D eigenvalue weighted by Crippen LogP contribution is -2.12. The summed E-state index contributed by atoms with van der Waals surface area (Å²) < 4.78 is 0. The number of para-hydroxylation sites is 1. The quantitative estimate of drug-likeness (QED) is 0.528. The van der Waals surface area contributed by atoms with Crippen LogP contribution < -0.4 is 10.6 Å². The minimum Gasteiger partial charge on any atom is -0.332 e. The summed E-state index contributed by atoms with van der Waals surface area (Å²) in [7, 11) is 0. The predicted octanol–water partition coefficient (Wildman–Crippen LogP) is 5.29. The van der Waals surface area contributed by atoms with Gasteiger partial charge in [0.15, 0.2) is 5.13 Å². The second-order valence-corrected chi connectivity index (χ2v) is 6.37. The topological polar surface area (TPSA) is 54.0 Å². The van der Waals surface area contributed by atoms with E-state index in [9.17, 15) is 4.79 Å². The van der Waals surface area contributed by atoms with Gasteiger partial charge in [0.05, 0.1) is 0 Å². The number of rotatable bonds is 4. The van der Waals surface area contributed by atoms with Crippen molar-refractivity contribution in [2.24, 2.45) is 0 Å². The third kappa shape index (κ3) is 3.36. The highest BCUT2D eigenvalue weighted by molar-refractivity contribution is 7.14. The van der Waals surface area contributed by atoms with Crippen LogP contribution in [0.5, 0.6) is 0 Å². The number of benzene rings is 3. The van der Waals surface area contributed by atoms with Gasteiger partial charge in [-0.2, -0.15) is 0 Å². The molecule has 0 unspecified atom stereocenters. The van der Waals surface area contributed by atoms with E-state index in [-0.39, 0.29) is 5.91 Å². The number of carbonyl (C=O) groups is 1. The van der Waals surface area contributed by atoms with E-state index in [1.165, 1.54) is 11.3 Å². The monoisotopic (exact) mass is 345 g/mol. The van der Waals surface area contributed by atoms with E-state index in [0.29, 0.717) is 10.8 Å². The number of aromatic nitrogens is 1. The van der Waals surface area contributed by atoms with E-state index in [2.05, 4.69) is 15.6 Å². The lowest BCUT2D eigenvalue weighted by Gasteiger charge is -2.07. The van der Waals surface area contributed by atoms with Crippen molar-refractivity contribution in [3.05, 3.63) is 83.9 Å². The summed E-state index contributed by atoms with van der Waals surface area (Å²) in [5.74, 6) is -0.214. The SMILES string of the molecule is O=C(Nc1cccc2ccccc12)c1csc(Nc2ccccc2)n1. The molecule has 1 heterocycles. The molecule has 1 aromatic heterocycles. The van der Waals surface area contributed by atoms with Gasteiger partial charge >= 0.3 is 0 Å². The van der Waals surface area contributed by atoms with Crippen molar-refractivity contribution < 1.29 is 4.79 Å². The maximum atomic E-state index is 12.5. The first-order valence-corrected chi connectivity index (χ1v) is 8.74. The molecule has 5 heteroatoms. The van der Waals surface area contributed by atoms with Gasteiger partial charge in [-0.1, -0.05) is 54.6 Å². The maximum absolute atomic E-state index is 12.5. The zero-order chi connectivity index (χ0) is 17.1. The van der Waals surface area contributed by atoms with Crippen molar-refractivity contribution in [3.8, 4) is 0 Å². The Morgan fingerprint density at radius 2 is 1.64 bits per heavy atom. The number of carbonyl (C=O) groups excluding carboxylic acids is 1. The van der Waals surface area contributed by atoms with Gasteiger partial charge in [0.2, 0.25) is 0 Å². The van der Waals surface area contributed by atoms with Crippen molar-refractivity contribution in [1.82, 2.24) is 4.98 Å². The van der Waals surface area contributed by atoms with Crippen molar-refractivity contribution in [1.29, 1.82) is 0 Å². The molecule has 0 bridgehead atoms. The largest absolute Gasteiger partial charge is 0.332 e. The van der Waals surface area contributed by atoms with Crippen LogP contribution in [0.4, 0.5) is 16.5 Å². The summed E-state index contributed by atoms with van der Waals surface area (Å²) in [6, 6.07) is 23.6. The highest BCUT2D eigenvalue weighted by Crippen LogP contribution is 2.25. The van der Waals surface area contributed by atoms with Crippen LogP contribution in [0.25, 0.3) is 10.8 Å². The fourth-order valence-corrected chi connectivity index (χ4v) is 3.31. The number of thiazole rings is 1. The smallest absolute Gasteiger partial charge is 0.275 e. The van der Waals surface area contributed by atoms with Crippen molar-refractivity contribution in [2.45, 2.75) is 0 Å². The second kappa shape index (κ2) is 6.75. The fraction of sp³-hybridized carbons (Fsp3) is 0. The van der Waals surface area contributed by atoms with Crippen molar-refractivity contribution in [2.75, 3.05) is 10.6 Å². The first kappa shape index (κ1) is 15.4. The molecule has 0 radical (unpaired) electrons. The lowest BCUT2D eigenvalue weighted by molar-refractivity contribution is 0.102. The molecule has 0 atom stereocenters.